The van der Waals surface area contributed by atoms with Crippen molar-refractivity contribution in [2.45, 2.75) is 11.8 Å². The quantitative estimate of drug-likeness (QED) is 0.790. The molecule has 116 valence electrons. The number of Topliss-reactive ketones (excluding diaryl/α,β-unsaturated/α-hetero) is 1. The summed E-state index contributed by atoms with van der Waals surface area (Å²) in [6.07, 6.45) is 1.34. The molecule has 0 aromatic heterocycles. The summed E-state index contributed by atoms with van der Waals surface area (Å²) in [5.74, 6) is -1.83. The number of carbonyl (C=O) groups is 3. The summed E-state index contributed by atoms with van der Waals surface area (Å²) in [5.41, 5.74) is 0.773. The molecule has 22 heavy (non-hydrogen) atoms. The molecule has 0 radical (unpaired) electrons. The van der Waals surface area contributed by atoms with E-state index in [9.17, 15) is 14.4 Å². The lowest BCUT2D eigenvalue weighted by molar-refractivity contribution is -0.137. The number of carboxylic acid groups (broad SMARTS) is 1. The summed E-state index contributed by atoms with van der Waals surface area (Å²) in [6.45, 7) is 0. The second-order valence-electron chi connectivity index (χ2n) is 4.80. The van der Waals surface area contributed by atoms with Crippen LogP contribution in [0.5, 0.6) is 0 Å². The highest BCUT2D eigenvalue weighted by Crippen LogP contribution is 2.35. The average Bonchev–Trinajstić information content (AvgIpc) is 2.71. The zero-order chi connectivity index (χ0) is 16.4. The van der Waals surface area contributed by atoms with E-state index in [2.05, 4.69) is 15.9 Å². The first-order chi connectivity index (χ1) is 10.4. The van der Waals surface area contributed by atoms with Gasteiger partial charge in [-0.3, -0.25) is 14.4 Å². The van der Waals surface area contributed by atoms with Crippen LogP contribution in [0.3, 0.4) is 0 Å². The fourth-order valence-corrected chi connectivity index (χ4v) is 3.54. The first kappa shape index (κ1) is 16.8. The zero-order valence-electron chi connectivity index (χ0n) is 12.0. The van der Waals surface area contributed by atoms with Crippen LogP contribution in [-0.2, 0) is 9.59 Å². The van der Waals surface area contributed by atoms with E-state index in [-0.39, 0.29) is 16.9 Å². The summed E-state index contributed by atoms with van der Waals surface area (Å²) >= 11 is 4.63. The maximum Gasteiger partial charge on any atom is 0.308 e. The topological polar surface area (TPSA) is 74.7 Å². The highest BCUT2D eigenvalue weighted by Gasteiger charge is 2.40. The van der Waals surface area contributed by atoms with Crippen molar-refractivity contribution >= 4 is 45.4 Å². The summed E-state index contributed by atoms with van der Waals surface area (Å²) in [7, 11) is 1.58. The Hall–Kier alpha value is -1.60. The third-order valence-corrected chi connectivity index (χ3v) is 4.93. The van der Waals surface area contributed by atoms with Crippen molar-refractivity contribution in [3.05, 3.63) is 45.4 Å². The van der Waals surface area contributed by atoms with Gasteiger partial charge in [-0.05, 0) is 30.5 Å². The van der Waals surface area contributed by atoms with Gasteiger partial charge in [0.15, 0.2) is 5.78 Å². The third-order valence-electron chi connectivity index (χ3n) is 3.40. The highest BCUT2D eigenvalue weighted by atomic mass is 79.9. The maximum absolute atomic E-state index is 12.8. The van der Waals surface area contributed by atoms with Gasteiger partial charge in [0.05, 0.1) is 6.42 Å². The zero-order valence-corrected chi connectivity index (χ0v) is 14.4. The molecular weight excluding hydrogens is 370 g/mol. The molecule has 1 heterocycles. The Labute approximate surface area is 140 Å². The van der Waals surface area contributed by atoms with Crippen molar-refractivity contribution in [2.75, 3.05) is 13.3 Å². The Morgan fingerprint density at radius 2 is 1.91 bits per heavy atom. The SMILES string of the molecule is CSC1C(C(=O)c2ccc(Br)cc2)=C(CC(=O)O)C(=O)N1C. The minimum atomic E-state index is -1.13. The number of halogens is 1. The van der Waals surface area contributed by atoms with E-state index in [1.54, 1.807) is 37.6 Å². The van der Waals surface area contributed by atoms with Crippen molar-refractivity contribution in [3.8, 4) is 0 Å². The summed E-state index contributed by atoms with van der Waals surface area (Å²) < 4.78 is 0.838. The molecular formula is C15H14BrNO4S. The van der Waals surface area contributed by atoms with Gasteiger partial charge < -0.3 is 10.0 Å². The lowest BCUT2D eigenvalue weighted by Crippen LogP contribution is -2.30. The molecule has 0 saturated carbocycles. The standard InChI is InChI=1S/C15H14BrNO4S/c1-17-14(21)10(7-11(18)19)12(15(17)22-2)13(20)8-3-5-9(16)6-4-8/h3-6,15H,7H2,1-2H3,(H,18,19). The van der Waals surface area contributed by atoms with Crippen molar-refractivity contribution in [3.63, 3.8) is 0 Å². The van der Waals surface area contributed by atoms with Crippen LogP contribution in [-0.4, -0.2) is 46.3 Å². The van der Waals surface area contributed by atoms with Gasteiger partial charge in [-0.25, -0.2) is 0 Å². The second kappa shape index (κ2) is 6.66. The number of thioether (sulfide) groups is 1. The van der Waals surface area contributed by atoms with Gasteiger partial charge in [0.25, 0.3) is 5.91 Å². The molecule has 1 aliphatic heterocycles. The third kappa shape index (κ3) is 3.10. The number of carboxylic acids is 1. The summed E-state index contributed by atoms with van der Waals surface area (Å²) in [5, 5.41) is 8.55. The van der Waals surface area contributed by atoms with Crippen LogP contribution in [0, 0.1) is 0 Å². The van der Waals surface area contributed by atoms with Crippen molar-refractivity contribution in [1.29, 1.82) is 0 Å². The summed E-state index contributed by atoms with van der Waals surface area (Å²) in [4.78, 5) is 37.4. The van der Waals surface area contributed by atoms with Gasteiger partial charge in [0.2, 0.25) is 0 Å². The molecule has 1 aromatic rings. The van der Waals surface area contributed by atoms with Crippen LogP contribution in [0.25, 0.3) is 0 Å². The van der Waals surface area contributed by atoms with E-state index in [0.29, 0.717) is 5.56 Å². The predicted molar refractivity (Wildman–Crippen MR) is 87.8 cm³/mol. The number of hydrogen-bond acceptors (Lipinski definition) is 4. The molecule has 0 saturated heterocycles. The smallest absolute Gasteiger partial charge is 0.308 e. The molecule has 5 nitrogen and oxygen atoms in total. The van der Waals surface area contributed by atoms with Gasteiger partial charge in [0, 0.05) is 28.2 Å². The minimum absolute atomic E-state index is 0.0715. The normalized spacial score (nSPS) is 18.0. The van der Waals surface area contributed by atoms with E-state index in [4.69, 9.17) is 5.11 Å². The predicted octanol–water partition coefficient (Wildman–Crippen LogP) is 2.56. The van der Waals surface area contributed by atoms with E-state index in [1.165, 1.54) is 16.7 Å². The first-order valence-corrected chi connectivity index (χ1v) is 8.50. The van der Waals surface area contributed by atoms with Gasteiger partial charge in [-0.15, -0.1) is 11.8 Å². The molecule has 0 aliphatic carbocycles. The van der Waals surface area contributed by atoms with Crippen molar-refractivity contribution < 1.29 is 19.5 Å². The average molecular weight is 384 g/mol. The number of likely N-dealkylation sites (N-methyl/N-ethyl adjacent to an activating group) is 1. The van der Waals surface area contributed by atoms with E-state index < -0.39 is 23.7 Å². The highest BCUT2D eigenvalue weighted by molar-refractivity contribution is 9.10. The number of aliphatic carboxylic acids is 1. The summed E-state index contributed by atoms with van der Waals surface area (Å²) in [6, 6.07) is 6.77. The Kier molecular flexibility index (Phi) is 5.08. The molecule has 7 heteroatoms. The molecule has 1 amide bonds. The number of ketones is 1. The number of benzene rings is 1. The lowest BCUT2D eigenvalue weighted by atomic mass is 9.98. The monoisotopic (exact) mass is 383 g/mol. The number of nitrogens with zero attached hydrogens (tertiary/aromatic N) is 1. The van der Waals surface area contributed by atoms with Crippen LogP contribution in [0.1, 0.15) is 16.8 Å². The van der Waals surface area contributed by atoms with Crippen LogP contribution in [0.2, 0.25) is 0 Å². The largest absolute Gasteiger partial charge is 0.481 e. The maximum atomic E-state index is 12.8. The van der Waals surface area contributed by atoms with E-state index in [1.807, 2.05) is 0 Å². The van der Waals surface area contributed by atoms with Crippen molar-refractivity contribution in [1.82, 2.24) is 4.90 Å². The molecule has 1 aliphatic rings. The number of carbonyl (C=O) groups excluding carboxylic acids is 2. The van der Waals surface area contributed by atoms with Crippen LogP contribution in [0.4, 0.5) is 0 Å². The van der Waals surface area contributed by atoms with Gasteiger partial charge >= 0.3 is 5.97 Å². The lowest BCUT2D eigenvalue weighted by Gasteiger charge is -2.20. The Bertz CT molecular complexity index is 669. The molecule has 1 atom stereocenters. The second-order valence-corrected chi connectivity index (χ2v) is 6.64. The molecule has 0 bridgehead atoms. The Morgan fingerprint density at radius 3 is 2.41 bits per heavy atom. The van der Waals surface area contributed by atoms with Gasteiger partial charge in [0.1, 0.15) is 5.37 Å². The van der Waals surface area contributed by atoms with Crippen LogP contribution >= 0.6 is 27.7 Å². The molecule has 1 aromatic carbocycles. The van der Waals surface area contributed by atoms with Gasteiger partial charge in [-0.1, -0.05) is 15.9 Å². The molecule has 0 fully saturated rings. The van der Waals surface area contributed by atoms with Crippen molar-refractivity contribution in [2.24, 2.45) is 0 Å². The molecule has 1 unspecified atom stereocenters. The van der Waals surface area contributed by atoms with Gasteiger partial charge in [-0.2, -0.15) is 0 Å². The van der Waals surface area contributed by atoms with E-state index >= 15 is 0 Å². The Balaban J connectivity index is 2.51. The van der Waals surface area contributed by atoms with Crippen LogP contribution < -0.4 is 0 Å². The van der Waals surface area contributed by atoms with Crippen LogP contribution in [0.15, 0.2) is 39.9 Å². The molecule has 0 spiro atoms. The fraction of sp³-hybridized carbons (Fsp3) is 0.267. The minimum Gasteiger partial charge on any atom is -0.481 e. The fourth-order valence-electron chi connectivity index (χ4n) is 2.38. The first-order valence-electron chi connectivity index (χ1n) is 6.42. The number of rotatable bonds is 5. The molecule has 2 rings (SSSR count). The van der Waals surface area contributed by atoms with E-state index in [0.717, 1.165) is 4.47 Å². The Morgan fingerprint density at radius 1 is 1.32 bits per heavy atom. The number of amides is 1. The number of hydrogen-bond donors (Lipinski definition) is 1. The molecule has 1 N–H and O–H groups in total.